The van der Waals surface area contributed by atoms with Crippen LogP contribution in [0.2, 0.25) is 0 Å². The topological polar surface area (TPSA) is 108 Å². The number of aliphatic carboxylic acids is 1. The number of nitrogens with one attached hydrogen (secondary N) is 1. The summed E-state index contributed by atoms with van der Waals surface area (Å²) < 4.78 is 38.1. The average Bonchev–Trinajstić information content (AvgIpc) is 2.91. The van der Waals surface area contributed by atoms with Crippen molar-refractivity contribution in [2.75, 3.05) is 45.3 Å². The Morgan fingerprint density at radius 2 is 1.97 bits per heavy atom. The number of hydrogen-bond donors (Lipinski definition) is 2. The summed E-state index contributed by atoms with van der Waals surface area (Å²) in [5.74, 6) is -0.171. The van der Waals surface area contributed by atoms with Gasteiger partial charge in [-0.05, 0) is 37.1 Å². The van der Waals surface area contributed by atoms with Gasteiger partial charge >= 0.3 is 5.97 Å². The van der Waals surface area contributed by atoms with E-state index in [4.69, 9.17) is 14.6 Å². The number of hydrogen-bond acceptors (Lipinski definition) is 6. The number of likely N-dealkylation sites (N-methyl/N-ethyl adjacent to an activating group) is 1. The first-order valence-electron chi connectivity index (χ1n) is 12.1. The number of amides is 1. The highest BCUT2D eigenvalue weighted by atomic mass is 32.2. The van der Waals surface area contributed by atoms with Gasteiger partial charge in [0.2, 0.25) is 11.1 Å². The summed E-state index contributed by atoms with van der Waals surface area (Å²) >= 11 is 0. The third-order valence-electron chi connectivity index (χ3n) is 6.19. The van der Waals surface area contributed by atoms with Crippen LogP contribution in [-0.4, -0.2) is 71.0 Å². The van der Waals surface area contributed by atoms with Gasteiger partial charge in [0, 0.05) is 32.2 Å². The van der Waals surface area contributed by atoms with Gasteiger partial charge < -0.3 is 24.8 Å². The molecular weight excluding hydrogens is 551 g/mol. The first-order chi connectivity index (χ1) is 18.0. The number of anilines is 1. The van der Waals surface area contributed by atoms with Crippen molar-refractivity contribution in [2.45, 2.75) is 29.4 Å². The van der Waals surface area contributed by atoms with E-state index in [1.54, 1.807) is 7.11 Å². The summed E-state index contributed by atoms with van der Waals surface area (Å²) in [4.78, 5) is 25.3. The number of alkyl halides is 1. The molecule has 2 aliphatic heterocycles. The summed E-state index contributed by atoms with van der Waals surface area (Å²) in [5, 5.41) is 8.60. The van der Waals surface area contributed by atoms with Gasteiger partial charge in [0.15, 0.2) is 0 Å². The Morgan fingerprint density at radius 1 is 1.26 bits per heavy atom. The number of carbonyl (C=O) groups excluding carboxylic acids is 1. The zero-order valence-corrected chi connectivity index (χ0v) is 24.5. The van der Waals surface area contributed by atoms with Crippen molar-refractivity contribution in [2.24, 2.45) is 5.92 Å². The van der Waals surface area contributed by atoms with Crippen LogP contribution >= 0.6 is 18.5 Å². The molecule has 4 rings (SSSR count). The maximum absolute atomic E-state index is 13.2. The molecule has 0 bridgehead atoms. The average molecular weight is 586 g/mol. The van der Waals surface area contributed by atoms with Crippen LogP contribution in [0.1, 0.15) is 18.4 Å². The highest BCUT2D eigenvalue weighted by molar-refractivity contribution is 7.82. The van der Waals surface area contributed by atoms with Crippen LogP contribution in [0, 0.1) is 5.92 Å². The number of piperidine rings is 1. The molecule has 1 fully saturated rings. The highest BCUT2D eigenvalue weighted by Gasteiger charge is 2.30. The van der Waals surface area contributed by atoms with Crippen molar-refractivity contribution in [1.29, 1.82) is 0 Å². The molecule has 2 aliphatic rings. The Kier molecular flexibility index (Phi) is 10.9. The Bertz CT molecular complexity index is 1170. The number of fused-ring (bicyclic) bond motifs is 1. The number of carboxylic acids is 1. The molecule has 4 unspecified atom stereocenters. The molecule has 1 amide bonds. The lowest BCUT2D eigenvalue weighted by atomic mass is 9.98. The standard InChI is InChI=1S/C23H29N3O4S.C2H5FO2P2/c1-25-12-13-30-22-14-19(9-10-20(22)25)31(28)26-11-5-7-18(16-26)23(27)24-15-17-6-3-4-8-21(17)29-2;3-2(6,7)1(4)5/h3-4,6,8-10,14,18H,5,7,11-13,15-16H2,1-2H3,(H,24,27);6-7H2,(H,4,5). The van der Waals surface area contributed by atoms with Gasteiger partial charge in [0.25, 0.3) is 0 Å². The second-order valence-corrected chi connectivity index (χ2v) is 12.8. The fraction of sp³-hybridized carbons (Fsp3) is 0.440. The fourth-order valence-electron chi connectivity index (χ4n) is 4.08. The van der Waals surface area contributed by atoms with Gasteiger partial charge in [0.1, 0.15) is 29.1 Å². The third kappa shape index (κ3) is 8.09. The number of carboxylic acid groups (broad SMARTS) is 1. The van der Waals surface area contributed by atoms with E-state index >= 15 is 0 Å². The van der Waals surface area contributed by atoms with E-state index in [9.17, 15) is 18.2 Å². The Labute approximate surface area is 229 Å². The van der Waals surface area contributed by atoms with E-state index in [2.05, 4.69) is 10.2 Å². The molecule has 0 aliphatic carbocycles. The number of methoxy groups -OCH3 is 1. The monoisotopic (exact) mass is 585 g/mol. The van der Waals surface area contributed by atoms with Crippen molar-refractivity contribution in [3.8, 4) is 11.5 Å². The van der Waals surface area contributed by atoms with Crippen LogP contribution < -0.4 is 19.7 Å². The highest BCUT2D eigenvalue weighted by Crippen LogP contribution is 2.33. The van der Waals surface area contributed by atoms with Gasteiger partial charge in [-0.25, -0.2) is 17.7 Å². The predicted molar refractivity (Wildman–Crippen MR) is 152 cm³/mol. The quantitative estimate of drug-likeness (QED) is 0.481. The number of ether oxygens (including phenoxy) is 2. The molecule has 0 radical (unpaired) electrons. The van der Waals surface area contributed by atoms with Crippen LogP contribution in [0.15, 0.2) is 47.4 Å². The lowest BCUT2D eigenvalue weighted by molar-refractivity contribution is -0.140. The molecule has 208 valence electrons. The van der Waals surface area contributed by atoms with E-state index in [0.717, 1.165) is 42.1 Å². The Hall–Kier alpha value is -2.32. The third-order valence-corrected chi connectivity index (χ3v) is 8.14. The van der Waals surface area contributed by atoms with Gasteiger partial charge in [-0.2, -0.15) is 0 Å². The molecule has 0 saturated carbocycles. The van der Waals surface area contributed by atoms with Gasteiger partial charge in [-0.15, -0.1) is 0 Å². The molecule has 4 atom stereocenters. The summed E-state index contributed by atoms with van der Waals surface area (Å²) in [5.41, 5.74) is 1.95. The molecule has 2 heterocycles. The molecular formula is C25H34FN3O6P2S. The van der Waals surface area contributed by atoms with Crippen molar-refractivity contribution in [3.05, 3.63) is 48.0 Å². The van der Waals surface area contributed by atoms with Gasteiger partial charge in [-0.3, -0.25) is 4.79 Å². The number of nitrogens with zero attached hydrogens (tertiary/aromatic N) is 2. The van der Waals surface area contributed by atoms with Crippen molar-refractivity contribution in [3.63, 3.8) is 0 Å². The summed E-state index contributed by atoms with van der Waals surface area (Å²) in [6.45, 7) is 3.06. The number of para-hydroxylation sites is 1. The van der Waals surface area contributed by atoms with Gasteiger partial charge in [0.05, 0.1) is 30.2 Å². The number of benzene rings is 2. The lowest BCUT2D eigenvalue weighted by Crippen LogP contribution is -2.43. The fourth-order valence-corrected chi connectivity index (χ4v) is 5.38. The summed E-state index contributed by atoms with van der Waals surface area (Å²) in [7, 11) is 5.38. The zero-order chi connectivity index (χ0) is 27.9. The van der Waals surface area contributed by atoms with E-state index in [1.165, 1.54) is 18.5 Å². The van der Waals surface area contributed by atoms with Crippen molar-refractivity contribution in [1.82, 2.24) is 9.62 Å². The lowest BCUT2D eigenvalue weighted by Gasteiger charge is -2.32. The SMILES string of the molecule is COc1ccccc1CNC(=O)C1CCCN(S(=O)c2ccc3c(c2)OCCN3C)C1.O=C(O)C(F)(P)P. The largest absolute Gasteiger partial charge is 0.496 e. The van der Waals surface area contributed by atoms with Crippen LogP contribution in [0.5, 0.6) is 11.5 Å². The van der Waals surface area contributed by atoms with Gasteiger partial charge in [-0.1, -0.05) is 36.7 Å². The summed E-state index contributed by atoms with van der Waals surface area (Å²) in [6, 6.07) is 13.4. The first kappa shape index (κ1) is 30.2. The molecule has 0 aromatic heterocycles. The first-order valence-corrected chi connectivity index (χ1v) is 14.3. The zero-order valence-electron chi connectivity index (χ0n) is 21.4. The van der Waals surface area contributed by atoms with Crippen molar-refractivity contribution >= 4 is 47.0 Å². The van der Waals surface area contributed by atoms with E-state index in [0.29, 0.717) is 31.1 Å². The number of rotatable bonds is 7. The molecule has 2 N–H and O–H groups in total. The maximum atomic E-state index is 13.2. The second kappa shape index (κ2) is 13.7. The molecule has 0 spiro atoms. The molecule has 13 heteroatoms. The normalized spacial score (nSPS) is 18.2. The van der Waals surface area contributed by atoms with E-state index in [-0.39, 0.29) is 11.8 Å². The van der Waals surface area contributed by atoms with Crippen LogP contribution in [0.4, 0.5) is 10.1 Å². The van der Waals surface area contributed by atoms with Crippen LogP contribution in [0.25, 0.3) is 0 Å². The molecule has 1 saturated heterocycles. The Morgan fingerprint density at radius 3 is 2.66 bits per heavy atom. The minimum atomic E-state index is -2.25. The second-order valence-electron chi connectivity index (χ2n) is 8.98. The number of halogens is 1. The maximum Gasteiger partial charge on any atom is 0.349 e. The molecule has 2 aromatic carbocycles. The predicted octanol–water partition coefficient (Wildman–Crippen LogP) is 3.02. The minimum Gasteiger partial charge on any atom is -0.496 e. The Balaban J connectivity index is 0.000000505. The molecule has 9 nitrogen and oxygen atoms in total. The smallest absolute Gasteiger partial charge is 0.349 e. The minimum absolute atomic E-state index is 0.0111. The van der Waals surface area contributed by atoms with Crippen molar-refractivity contribution < 1.29 is 32.8 Å². The molecule has 2 aromatic rings. The summed E-state index contributed by atoms with van der Waals surface area (Å²) in [6.07, 6.45) is 1.63. The van der Waals surface area contributed by atoms with E-state index < -0.39 is 22.1 Å². The number of carbonyl (C=O) groups is 2. The molecule has 38 heavy (non-hydrogen) atoms. The van der Waals surface area contributed by atoms with E-state index in [1.807, 2.05) is 53.8 Å². The van der Waals surface area contributed by atoms with Crippen LogP contribution in [-0.2, 0) is 27.1 Å². The van der Waals surface area contributed by atoms with Crippen LogP contribution in [0.3, 0.4) is 0 Å².